The number of aromatic carboxylic acids is 1. The molecule has 0 saturated carbocycles. The van der Waals surface area contributed by atoms with Gasteiger partial charge in [-0.15, -0.1) is 0 Å². The molecule has 0 bridgehead atoms. The predicted octanol–water partition coefficient (Wildman–Crippen LogP) is 0.630. The summed E-state index contributed by atoms with van der Waals surface area (Å²) in [6.07, 6.45) is 1.49. The zero-order valence-corrected chi connectivity index (χ0v) is 10.4. The first-order valence-electron chi connectivity index (χ1n) is 5.65. The van der Waals surface area contributed by atoms with Gasteiger partial charge in [-0.2, -0.15) is 0 Å². The molecule has 6 heteroatoms. The topological polar surface area (TPSA) is 71.9 Å². The van der Waals surface area contributed by atoms with Crippen LogP contribution in [0.3, 0.4) is 0 Å². The molecule has 0 aliphatic carbocycles. The Labute approximate surface area is 105 Å². The van der Waals surface area contributed by atoms with E-state index in [4.69, 9.17) is 14.6 Å². The minimum Gasteiger partial charge on any atom is -0.477 e. The van der Waals surface area contributed by atoms with Crippen molar-refractivity contribution in [2.24, 2.45) is 0 Å². The van der Waals surface area contributed by atoms with Crippen molar-refractivity contribution in [3.8, 4) is 0 Å². The van der Waals surface area contributed by atoms with Crippen molar-refractivity contribution in [1.82, 2.24) is 4.98 Å². The second-order valence-electron chi connectivity index (χ2n) is 4.16. The standard InChI is InChI=1S/C12H16N2O4/c1-17-10-6-14(7-11(10)18-2)8-3-4-13-9(5-8)12(15)16/h3-5,10-11H,6-7H2,1-2H3,(H,15,16). The Kier molecular flexibility index (Phi) is 3.78. The lowest BCUT2D eigenvalue weighted by atomic mass is 10.3. The molecule has 1 aliphatic rings. The van der Waals surface area contributed by atoms with Crippen molar-refractivity contribution in [2.45, 2.75) is 12.2 Å². The maximum Gasteiger partial charge on any atom is 0.354 e. The second-order valence-corrected chi connectivity index (χ2v) is 4.16. The predicted molar refractivity (Wildman–Crippen MR) is 65.0 cm³/mol. The molecule has 1 aromatic heterocycles. The molecule has 2 atom stereocenters. The number of rotatable bonds is 4. The number of carbonyl (C=O) groups is 1. The molecule has 6 nitrogen and oxygen atoms in total. The quantitative estimate of drug-likeness (QED) is 0.847. The summed E-state index contributed by atoms with van der Waals surface area (Å²) < 4.78 is 10.7. The van der Waals surface area contributed by atoms with Crippen molar-refractivity contribution >= 4 is 11.7 Å². The molecular weight excluding hydrogens is 236 g/mol. The normalized spacial score (nSPS) is 23.3. The molecule has 1 fully saturated rings. The number of carboxylic acid groups (broad SMARTS) is 1. The molecule has 18 heavy (non-hydrogen) atoms. The van der Waals surface area contributed by atoms with Gasteiger partial charge in [-0.3, -0.25) is 0 Å². The number of anilines is 1. The molecular formula is C12H16N2O4. The summed E-state index contributed by atoms with van der Waals surface area (Å²) in [6, 6.07) is 3.35. The van der Waals surface area contributed by atoms with Crippen molar-refractivity contribution in [2.75, 3.05) is 32.2 Å². The van der Waals surface area contributed by atoms with E-state index in [2.05, 4.69) is 4.98 Å². The highest BCUT2D eigenvalue weighted by molar-refractivity contribution is 5.86. The van der Waals surface area contributed by atoms with E-state index in [1.807, 2.05) is 4.90 Å². The van der Waals surface area contributed by atoms with Gasteiger partial charge in [0.1, 0.15) is 17.9 Å². The molecule has 1 saturated heterocycles. The fourth-order valence-corrected chi connectivity index (χ4v) is 2.14. The van der Waals surface area contributed by atoms with Gasteiger partial charge in [0.15, 0.2) is 0 Å². The zero-order valence-electron chi connectivity index (χ0n) is 10.4. The van der Waals surface area contributed by atoms with E-state index < -0.39 is 5.97 Å². The highest BCUT2D eigenvalue weighted by Gasteiger charge is 2.33. The minimum absolute atomic E-state index is 0.00329. The van der Waals surface area contributed by atoms with Gasteiger partial charge >= 0.3 is 5.97 Å². The number of hydrogen-bond donors (Lipinski definition) is 1. The first kappa shape index (κ1) is 12.8. The molecule has 2 unspecified atom stereocenters. The van der Waals surface area contributed by atoms with Gasteiger partial charge < -0.3 is 19.5 Å². The number of nitrogens with zero attached hydrogens (tertiary/aromatic N) is 2. The number of carboxylic acids is 1. The van der Waals surface area contributed by atoms with Gasteiger partial charge in [0.25, 0.3) is 0 Å². The van der Waals surface area contributed by atoms with Gasteiger partial charge in [-0.25, -0.2) is 9.78 Å². The summed E-state index contributed by atoms with van der Waals surface area (Å²) in [7, 11) is 3.30. The molecule has 98 valence electrons. The highest BCUT2D eigenvalue weighted by Crippen LogP contribution is 2.23. The van der Waals surface area contributed by atoms with Crippen LogP contribution in [0.5, 0.6) is 0 Å². The summed E-state index contributed by atoms with van der Waals surface area (Å²) >= 11 is 0. The van der Waals surface area contributed by atoms with Crippen LogP contribution in [-0.4, -0.2) is 55.6 Å². The van der Waals surface area contributed by atoms with Gasteiger partial charge in [-0.1, -0.05) is 0 Å². The lowest BCUT2D eigenvalue weighted by Crippen LogP contribution is -2.27. The zero-order chi connectivity index (χ0) is 13.1. The van der Waals surface area contributed by atoms with E-state index in [9.17, 15) is 4.79 Å². The number of methoxy groups -OCH3 is 2. The van der Waals surface area contributed by atoms with Crippen LogP contribution >= 0.6 is 0 Å². The van der Waals surface area contributed by atoms with Crippen molar-refractivity contribution in [1.29, 1.82) is 0 Å². The summed E-state index contributed by atoms with van der Waals surface area (Å²) in [5.41, 5.74) is 0.867. The smallest absolute Gasteiger partial charge is 0.354 e. The van der Waals surface area contributed by atoms with Crippen LogP contribution in [0.1, 0.15) is 10.5 Å². The van der Waals surface area contributed by atoms with Crippen molar-refractivity contribution in [3.63, 3.8) is 0 Å². The van der Waals surface area contributed by atoms with E-state index in [0.717, 1.165) is 5.69 Å². The Hall–Kier alpha value is -1.66. The van der Waals surface area contributed by atoms with Crippen LogP contribution in [0.4, 0.5) is 5.69 Å². The van der Waals surface area contributed by atoms with Crippen LogP contribution < -0.4 is 4.90 Å². The first-order valence-corrected chi connectivity index (χ1v) is 5.65. The van der Waals surface area contributed by atoms with Crippen LogP contribution in [0.25, 0.3) is 0 Å². The Morgan fingerprint density at radius 1 is 1.39 bits per heavy atom. The third-order valence-corrected chi connectivity index (χ3v) is 3.15. The third kappa shape index (κ3) is 2.44. The van der Waals surface area contributed by atoms with Crippen LogP contribution in [0.15, 0.2) is 18.3 Å². The fourth-order valence-electron chi connectivity index (χ4n) is 2.14. The number of hydrogen-bond acceptors (Lipinski definition) is 5. The number of pyridine rings is 1. The van der Waals surface area contributed by atoms with Gasteiger partial charge in [0, 0.05) is 39.2 Å². The number of ether oxygens (including phenoxy) is 2. The maximum atomic E-state index is 10.9. The molecule has 0 radical (unpaired) electrons. The Balaban J connectivity index is 2.18. The third-order valence-electron chi connectivity index (χ3n) is 3.15. The van der Waals surface area contributed by atoms with Gasteiger partial charge in [0.2, 0.25) is 0 Å². The van der Waals surface area contributed by atoms with E-state index in [-0.39, 0.29) is 17.9 Å². The summed E-state index contributed by atoms with van der Waals surface area (Å²) in [4.78, 5) is 16.7. The monoisotopic (exact) mass is 252 g/mol. The minimum atomic E-state index is -1.03. The Bertz CT molecular complexity index is 426. The molecule has 0 spiro atoms. The van der Waals surface area contributed by atoms with E-state index >= 15 is 0 Å². The van der Waals surface area contributed by atoms with Crippen LogP contribution in [-0.2, 0) is 9.47 Å². The largest absolute Gasteiger partial charge is 0.477 e. The molecule has 1 N–H and O–H groups in total. The maximum absolute atomic E-state index is 10.9. The van der Waals surface area contributed by atoms with Crippen LogP contribution in [0, 0.1) is 0 Å². The highest BCUT2D eigenvalue weighted by atomic mass is 16.5. The molecule has 1 aromatic rings. The molecule has 1 aliphatic heterocycles. The average Bonchev–Trinajstić information content (AvgIpc) is 2.82. The first-order chi connectivity index (χ1) is 8.65. The summed E-state index contributed by atoms with van der Waals surface area (Å²) in [5.74, 6) is -1.03. The van der Waals surface area contributed by atoms with Crippen molar-refractivity contribution in [3.05, 3.63) is 24.0 Å². The van der Waals surface area contributed by atoms with Gasteiger partial charge in [0.05, 0.1) is 0 Å². The van der Waals surface area contributed by atoms with E-state index in [1.165, 1.54) is 6.20 Å². The van der Waals surface area contributed by atoms with Crippen LogP contribution in [0.2, 0.25) is 0 Å². The molecule has 0 aromatic carbocycles. The molecule has 2 heterocycles. The molecule has 2 rings (SSSR count). The lowest BCUT2D eigenvalue weighted by molar-refractivity contribution is -0.00461. The van der Waals surface area contributed by atoms with E-state index in [1.54, 1.807) is 26.4 Å². The van der Waals surface area contributed by atoms with E-state index in [0.29, 0.717) is 13.1 Å². The Morgan fingerprint density at radius 2 is 2.00 bits per heavy atom. The van der Waals surface area contributed by atoms with Crippen molar-refractivity contribution < 1.29 is 19.4 Å². The molecule has 0 amide bonds. The number of aromatic nitrogens is 1. The fraction of sp³-hybridized carbons (Fsp3) is 0.500. The Morgan fingerprint density at radius 3 is 2.50 bits per heavy atom. The van der Waals surface area contributed by atoms with Gasteiger partial charge in [-0.05, 0) is 12.1 Å². The average molecular weight is 252 g/mol. The second kappa shape index (κ2) is 5.32. The lowest BCUT2D eigenvalue weighted by Gasteiger charge is -2.17. The summed E-state index contributed by atoms with van der Waals surface area (Å²) in [6.45, 7) is 1.36. The summed E-state index contributed by atoms with van der Waals surface area (Å²) in [5, 5.41) is 8.92. The SMILES string of the molecule is COC1CN(c2ccnc(C(=O)O)c2)CC1OC.